The van der Waals surface area contributed by atoms with Gasteiger partial charge in [-0.05, 0) is 32.8 Å². The molecule has 19 heavy (non-hydrogen) atoms. The second kappa shape index (κ2) is 7.17. The minimum absolute atomic E-state index is 0.0389. The van der Waals surface area contributed by atoms with Gasteiger partial charge in [-0.2, -0.15) is 0 Å². The Morgan fingerprint density at radius 2 is 1.95 bits per heavy atom. The molecular weight excluding hydrogens is 238 g/mol. The van der Waals surface area contributed by atoms with Crippen LogP contribution in [0.1, 0.15) is 50.8 Å². The number of hydrogen-bond acceptors (Lipinski definition) is 2. The largest absolute Gasteiger partial charge is 0.496 e. The molecule has 0 radical (unpaired) electrons. The van der Waals surface area contributed by atoms with Crippen LogP contribution in [0.5, 0.6) is 5.75 Å². The van der Waals surface area contributed by atoms with Crippen molar-refractivity contribution in [1.82, 2.24) is 5.32 Å². The number of methoxy groups -OCH3 is 1. The Morgan fingerprint density at radius 1 is 1.32 bits per heavy atom. The molecule has 1 N–H and O–H groups in total. The molecule has 3 nitrogen and oxygen atoms in total. The maximum Gasteiger partial charge on any atom is 0.223 e. The molecule has 1 aromatic rings. The van der Waals surface area contributed by atoms with Gasteiger partial charge in [-0.15, -0.1) is 0 Å². The van der Waals surface area contributed by atoms with Gasteiger partial charge in [0.05, 0.1) is 13.2 Å². The van der Waals surface area contributed by atoms with Crippen molar-refractivity contribution in [3.8, 4) is 5.75 Å². The number of hydrogen-bond donors (Lipinski definition) is 1. The summed E-state index contributed by atoms with van der Waals surface area (Å²) in [5, 5.41) is 3.08. The second-order valence-electron chi connectivity index (χ2n) is 4.99. The van der Waals surface area contributed by atoms with Crippen molar-refractivity contribution >= 4 is 5.91 Å². The zero-order valence-electron chi connectivity index (χ0n) is 12.6. The van der Waals surface area contributed by atoms with Gasteiger partial charge in [0, 0.05) is 11.5 Å². The highest BCUT2D eigenvalue weighted by Gasteiger charge is 2.19. The second-order valence-corrected chi connectivity index (χ2v) is 4.99. The average molecular weight is 263 g/mol. The number of carbonyl (C=O) groups is 1. The van der Waals surface area contributed by atoms with Crippen LogP contribution in [-0.4, -0.2) is 13.0 Å². The Balaban J connectivity index is 2.85. The van der Waals surface area contributed by atoms with Crippen LogP contribution in [0.3, 0.4) is 0 Å². The van der Waals surface area contributed by atoms with Gasteiger partial charge in [0.1, 0.15) is 5.75 Å². The fourth-order valence-corrected chi connectivity index (χ4v) is 2.26. The van der Waals surface area contributed by atoms with Gasteiger partial charge in [0.15, 0.2) is 0 Å². The van der Waals surface area contributed by atoms with Crippen LogP contribution in [-0.2, 0) is 4.79 Å². The van der Waals surface area contributed by atoms with E-state index in [2.05, 4.69) is 11.4 Å². The van der Waals surface area contributed by atoms with E-state index in [1.54, 1.807) is 7.11 Å². The Kier molecular flexibility index (Phi) is 5.87. The molecule has 0 aliphatic heterocycles. The summed E-state index contributed by atoms with van der Waals surface area (Å²) in [5.41, 5.74) is 2.20. The molecule has 0 spiro atoms. The monoisotopic (exact) mass is 263 g/mol. The number of ether oxygens (including phenoxy) is 1. The number of nitrogens with one attached hydrogen (secondary N) is 1. The first-order chi connectivity index (χ1) is 9.03. The number of benzene rings is 1. The van der Waals surface area contributed by atoms with Crippen molar-refractivity contribution in [2.45, 2.75) is 46.6 Å². The highest BCUT2D eigenvalue weighted by atomic mass is 16.5. The molecule has 0 aliphatic rings. The SMILES string of the molecule is CCC(CC)C(=O)NC(C)c1cc(C)ccc1OC. The Bertz CT molecular complexity index is 425. The van der Waals surface area contributed by atoms with E-state index in [1.807, 2.05) is 39.8 Å². The van der Waals surface area contributed by atoms with Crippen LogP contribution < -0.4 is 10.1 Å². The van der Waals surface area contributed by atoms with E-state index in [-0.39, 0.29) is 17.9 Å². The van der Waals surface area contributed by atoms with Gasteiger partial charge in [-0.25, -0.2) is 0 Å². The van der Waals surface area contributed by atoms with Crippen molar-refractivity contribution in [1.29, 1.82) is 0 Å². The zero-order valence-corrected chi connectivity index (χ0v) is 12.6. The van der Waals surface area contributed by atoms with Crippen LogP contribution in [0.4, 0.5) is 0 Å². The van der Waals surface area contributed by atoms with E-state index < -0.39 is 0 Å². The van der Waals surface area contributed by atoms with Crippen LogP contribution in [0.25, 0.3) is 0 Å². The van der Waals surface area contributed by atoms with E-state index in [9.17, 15) is 4.79 Å². The third kappa shape index (κ3) is 3.98. The Morgan fingerprint density at radius 3 is 2.47 bits per heavy atom. The van der Waals surface area contributed by atoms with Crippen LogP contribution in [0, 0.1) is 12.8 Å². The number of rotatable bonds is 6. The minimum Gasteiger partial charge on any atom is -0.496 e. The van der Waals surface area contributed by atoms with Crippen LogP contribution in [0.15, 0.2) is 18.2 Å². The topological polar surface area (TPSA) is 38.3 Å². The molecule has 0 saturated carbocycles. The number of amides is 1. The summed E-state index contributed by atoms with van der Waals surface area (Å²) in [6, 6.07) is 5.99. The zero-order chi connectivity index (χ0) is 14.4. The standard InChI is InChI=1S/C16H25NO2/c1-6-13(7-2)16(18)17-12(4)14-10-11(3)8-9-15(14)19-5/h8-10,12-13H,6-7H2,1-5H3,(H,17,18). The summed E-state index contributed by atoms with van der Waals surface area (Å²) in [6.45, 7) is 8.13. The molecule has 0 heterocycles. The summed E-state index contributed by atoms with van der Waals surface area (Å²) in [5.74, 6) is 1.04. The van der Waals surface area contributed by atoms with Crippen molar-refractivity contribution in [3.05, 3.63) is 29.3 Å². The molecule has 0 aromatic heterocycles. The fourth-order valence-electron chi connectivity index (χ4n) is 2.26. The van der Waals surface area contributed by atoms with Crippen molar-refractivity contribution in [2.24, 2.45) is 5.92 Å². The van der Waals surface area contributed by atoms with Gasteiger partial charge >= 0.3 is 0 Å². The maximum atomic E-state index is 12.1. The normalized spacial score (nSPS) is 12.3. The lowest BCUT2D eigenvalue weighted by Crippen LogP contribution is -2.32. The molecule has 1 unspecified atom stereocenters. The van der Waals surface area contributed by atoms with Gasteiger partial charge in [0.2, 0.25) is 5.91 Å². The van der Waals surface area contributed by atoms with E-state index in [0.717, 1.165) is 24.2 Å². The van der Waals surface area contributed by atoms with Crippen molar-refractivity contribution < 1.29 is 9.53 Å². The van der Waals surface area contributed by atoms with E-state index >= 15 is 0 Å². The van der Waals surface area contributed by atoms with Crippen molar-refractivity contribution in [3.63, 3.8) is 0 Å². The number of carbonyl (C=O) groups excluding carboxylic acids is 1. The first-order valence-electron chi connectivity index (χ1n) is 6.98. The average Bonchev–Trinajstić information content (AvgIpc) is 2.40. The molecule has 1 rings (SSSR count). The third-order valence-electron chi connectivity index (χ3n) is 3.57. The Labute approximate surface area is 116 Å². The first kappa shape index (κ1) is 15.5. The summed E-state index contributed by atoms with van der Waals surface area (Å²) >= 11 is 0. The fraction of sp³-hybridized carbons (Fsp3) is 0.562. The smallest absolute Gasteiger partial charge is 0.223 e. The minimum atomic E-state index is -0.0389. The Hall–Kier alpha value is -1.51. The molecule has 106 valence electrons. The van der Waals surface area contributed by atoms with E-state index in [1.165, 1.54) is 5.56 Å². The predicted octanol–water partition coefficient (Wildman–Crippen LogP) is 3.62. The molecule has 0 fully saturated rings. The van der Waals surface area contributed by atoms with E-state index in [4.69, 9.17) is 4.74 Å². The van der Waals surface area contributed by atoms with Gasteiger partial charge < -0.3 is 10.1 Å². The van der Waals surface area contributed by atoms with Crippen LogP contribution in [0.2, 0.25) is 0 Å². The predicted molar refractivity (Wildman–Crippen MR) is 78.4 cm³/mol. The lowest BCUT2D eigenvalue weighted by atomic mass is 10.00. The lowest BCUT2D eigenvalue weighted by molar-refractivity contribution is -0.125. The molecule has 1 amide bonds. The highest BCUT2D eigenvalue weighted by molar-refractivity contribution is 5.79. The van der Waals surface area contributed by atoms with Gasteiger partial charge in [-0.1, -0.05) is 31.5 Å². The molecule has 1 aromatic carbocycles. The third-order valence-corrected chi connectivity index (χ3v) is 3.57. The van der Waals surface area contributed by atoms with Gasteiger partial charge in [0.25, 0.3) is 0 Å². The molecule has 0 bridgehead atoms. The summed E-state index contributed by atoms with van der Waals surface area (Å²) < 4.78 is 5.36. The summed E-state index contributed by atoms with van der Waals surface area (Å²) in [6.07, 6.45) is 1.75. The first-order valence-corrected chi connectivity index (χ1v) is 6.98. The molecule has 3 heteroatoms. The molecule has 1 atom stereocenters. The molecule has 0 saturated heterocycles. The van der Waals surface area contributed by atoms with E-state index in [0.29, 0.717) is 0 Å². The maximum absolute atomic E-state index is 12.1. The number of aryl methyl sites for hydroxylation is 1. The quantitative estimate of drug-likeness (QED) is 0.851. The molecule has 0 aliphatic carbocycles. The molecular formula is C16H25NO2. The summed E-state index contributed by atoms with van der Waals surface area (Å²) in [4.78, 5) is 12.1. The van der Waals surface area contributed by atoms with Gasteiger partial charge in [-0.3, -0.25) is 4.79 Å². The lowest BCUT2D eigenvalue weighted by Gasteiger charge is -2.20. The highest BCUT2D eigenvalue weighted by Crippen LogP contribution is 2.26. The van der Waals surface area contributed by atoms with Crippen LogP contribution >= 0.6 is 0 Å². The van der Waals surface area contributed by atoms with Crippen molar-refractivity contribution in [2.75, 3.05) is 7.11 Å². The summed E-state index contributed by atoms with van der Waals surface area (Å²) in [7, 11) is 1.66.